The van der Waals surface area contributed by atoms with Crippen molar-refractivity contribution in [3.8, 4) is 0 Å². The van der Waals surface area contributed by atoms with E-state index in [1.807, 2.05) is 30.3 Å². The lowest BCUT2D eigenvalue weighted by Gasteiger charge is -2.21. The van der Waals surface area contributed by atoms with Crippen LogP contribution in [0.3, 0.4) is 0 Å². The zero-order valence-corrected chi connectivity index (χ0v) is 12.3. The summed E-state index contributed by atoms with van der Waals surface area (Å²) in [7, 11) is 0. The topological polar surface area (TPSA) is 24.1 Å². The lowest BCUT2D eigenvalue weighted by molar-refractivity contribution is 0.313. The van der Waals surface area contributed by atoms with Crippen LogP contribution in [0.1, 0.15) is 56.7 Å². The van der Waals surface area contributed by atoms with E-state index in [0.29, 0.717) is 19.3 Å². The lowest BCUT2D eigenvalue weighted by Crippen LogP contribution is -2.38. The van der Waals surface area contributed by atoms with Crippen LogP contribution in [0.15, 0.2) is 30.3 Å². The summed E-state index contributed by atoms with van der Waals surface area (Å²) in [5.41, 5.74) is 0.756. The Balaban J connectivity index is 1.60. The maximum absolute atomic E-state index is 13.9. The van der Waals surface area contributed by atoms with Gasteiger partial charge in [0, 0.05) is 19.3 Å². The van der Waals surface area contributed by atoms with Gasteiger partial charge < -0.3 is 10.6 Å². The van der Waals surface area contributed by atoms with Gasteiger partial charge in [-0.3, -0.25) is 0 Å². The molecule has 2 nitrogen and oxygen atoms in total. The van der Waals surface area contributed by atoms with Gasteiger partial charge >= 0.3 is 0 Å². The van der Waals surface area contributed by atoms with E-state index in [0.717, 1.165) is 5.56 Å². The Kier molecular flexibility index (Phi) is 7.02. The quantitative estimate of drug-likeness (QED) is 0.608. The molecule has 1 saturated carbocycles. The van der Waals surface area contributed by atoms with Crippen molar-refractivity contribution in [3.63, 3.8) is 0 Å². The van der Waals surface area contributed by atoms with Crippen molar-refractivity contribution in [2.75, 3.05) is 13.2 Å². The van der Waals surface area contributed by atoms with Crippen LogP contribution in [-0.2, 0) is 0 Å². The van der Waals surface area contributed by atoms with Gasteiger partial charge in [-0.05, 0) is 18.4 Å². The van der Waals surface area contributed by atoms with E-state index in [4.69, 9.17) is 0 Å². The molecule has 112 valence electrons. The number of alkyl halides is 1. The molecule has 2 rings (SSSR count). The Morgan fingerprint density at radius 1 is 1.00 bits per heavy atom. The number of hydrogen-bond acceptors (Lipinski definition) is 2. The summed E-state index contributed by atoms with van der Waals surface area (Å²) in [5.74, 6) is 0. The maximum Gasteiger partial charge on any atom is 0.138 e. The molecule has 1 aromatic carbocycles. The third kappa shape index (κ3) is 5.59. The van der Waals surface area contributed by atoms with Gasteiger partial charge in [0.2, 0.25) is 0 Å². The molecular weight excluding hydrogens is 251 g/mol. The average molecular weight is 278 g/mol. The maximum atomic E-state index is 13.9. The molecule has 1 fully saturated rings. The summed E-state index contributed by atoms with van der Waals surface area (Å²) >= 11 is 0. The summed E-state index contributed by atoms with van der Waals surface area (Å²) < 4.78 is 13.9. The van der Waals surface area contributed by atoms with E-state index in [2.05, 4.69) is 10.6 Å². The van der Waals surface area contributed by atoms with Gasteiger partial charge in [-0.15, -0.1) is 0 Å². The van der Waals surface area contributed by atoms with Gasteiger partial charge in [0.15, 0.2) is 0 Å². The first-order valence-corrected chi connectivity index (χ1v) is 7.99. The number of benzene rings is 1. The van der Waals surface area contributed by atoms with Crippen molar-refractivity contribution in [3.05, 3.63) is 35.9 Å². The van der Waals surface area contributed by atoms with E-state index in [9.17, 15) is 4.39 Å². The van der Waals surface area contributed by atoms with Crippen LogP contribution in [0.2, 0.25) is 0 Å². The third-order valence-corrected chi connectivity index (χ3v) is 4.11. The van der Waals surface area contributed by atoms with E-state index >= 15 is 0 Å². The predicted molar refractivity (Wildman–Crippen MR) is 82.4 cm³/mol. The van der Waals surface area contributed by atoms with Gasteiger partial charge in [0.1, 0.15) is 6.17 Å². The molecule has 1 unspecified atom stereocenters. The number of halogens is 1. The fourth-order valence-electron chi connectivity index (χ4n) is 2.86. The van der Waals surface area contributed by atoms with Crippen LogP contribution >= 0.6 is 0 Å². The van der Waals surface area contributed by atoms with Crippen LogP contribution in [0.25, 0.3) is 0 Å². The lowest BCUT2D eigenvalue weighted by atomic mass is 9.97. The Morgan fingerprint density at radius 3 is 2.35 bits per heavy atom. The summed E-state index contributed by atoms with van der Waals surface area (Å²) in [4.78, 5) is 0. The molecule has 0 amide bonds. The second-order valence-corrected chi connectivity index (χ2v) is 5.76. The van der Waals surface area contributed by atoms with E-state index < -0.39 is 6.17 Å². The van der Waals surface area contributed by atoms with E-state index in [1.54, 1.807) is 0 Å². The molecule has 1 aliphatic carbocycles. The van der Waals surface area contributed by atoms with Gasteiger partial charge in [-0.2, -0.15) is 0 Å². The van der Waals surface area contributed by atoms with Crippen molar-refractivity contribution in [2.45, 2.75) is 57.2 Å². The number of rotatable bonds is 6. The minimum absolute atomic E-state index is 0.379. The Morgan fingerprint density at radius 2 is 1.65 bits per heavy atom. The molecule has 20 heavy (non-hydrogen) atoms. The molecular formula is C17H27FN2. The second kappa shape index (κ2) is 9.09. The molecule has 0 bridgehead atoms. The largest absolute Gasteiger partial charge is 0.302 e. The molecule has 0 saturated heterocycles. The molecule has 0 radical (unpaired) electrons. The minimum Gasteiger partial charge on any atom is -0.302 e. The highest BCUT2D eigenvalue weighted by Crippen LogP contribution is 2.17. The predicted octanol–water partition coefficient (Wildman–Crippen LogP) is 3.95. The van der Waals surface area contributed by atoms with Gasteiger partial charge in [-0.25, -0.2) is 4.39 Å². The summed E-state index contributed by atoms with van der Waals surface area (Å²) in [5, 5.41) is 6.70. The summed E-state index contributed by atoms with van der Waals surface area (Å²) in [6, 6.07) is 9.98. The fourth-order valence-corrected chi connectivity index (χ4v) is 2.86. The molecule has 0 heterocycles. The monoisotopic (exact) mass is 278 g/mol. The Labute approximate surface area is 122 Å². The molecule has 1 atom stereocenters. The van der Waals surface area contributed by atoms with Gasteiger partial charge in [0.05, 0.1) is 0 Å². The summed E-state index contributed by atoms with van der Waals surface area (Å²) in [6.45, 7) is 1.08. The van der Waals surface area contributed by atoms with Crippen molar-refractivity contribution in [1.82, 2.24) is 10.6 Å². The van der Waals surface area contributed by atoms with Crippen LogP contribution < -0.4 is 10.6 Å². The Bertz CT molecular complexity index is 347. The smallest absolute Gasteiger partial charge is 0.138 e. The van der Waals surface area contributed by atoms with Gasteiger partial charge in [0.25, 0.3) is 0 Å². The third-order valence-electron chi connectivity index (χ3n) is 4.11. The number of nitrogens with one attached hydrogen (secondary N) is 2. The highest BCUT2D eigenvalue weighted by molar-refractivity contribution is 5.17. The molecule has 0 aromatic heterocycles. The van der Waals surface area contributed by atoms with Crippen LogP contribution in [0.5, 0.6) is 0 Å². The minimum atomic E-state index is -0.921. The van der Waals surface area contributed by atoms with Crippen LogP contribution in [0.4, 0.5) is 4.39 Å². The molecule has 0 spiro atoms. The van der Waals surface area contributed by atoms with Gasteiger partial charge in [-0.1, -0.05) is 62.4 Å². The highest BCUT2D eigenvalue weighted by atomic mass is 19.1. The van der Waals surface area contributed by atoms with E-state index in [1.165, 1.54) is 44.9 Å². The van der Waals surface area contributed by atoms with Crippen molar-refractivity contribution in [1.29, 1.82) is 0 Å². The zero-order chi connectivity index (χ0) is 14.0. The highest BCUT2D eigenvalue weighted by Gasteiger charge is 2.11. The first-order valence-electron chi connectivity index (χ1n) is 7.99. The van der Waals surface area contributed by atoms with Crippen LogP contribution in [-0.4, -0.2) is 19.3 Å². The standard InChI is InChI=1S/C17H27FN2/c18-17(15-9-5-4-6-10-15)13-19-14-20-16-11-7-2-1-3-8-12-16/h4-6,9-10,16-17,19-20H,1-3,7-8,11-14H2. The molecule has 0 aliphatic heterocycles. The second-order valence-electron chi connectivity index (χ2n) is 5.76. The zero-order valence-electron chi connectivity index (χ0n) is 12.3. The molecule has 3 heteroatoms. The first kappa shape index (κ1) is 15.5. The van der Waals surface area contributed by atoms with Crippen molar-refractivity contribution < 1.29 is 4.39 Å². The van der Waals surface area contributed by atoms with Crippen molar-refractivity contribution in [2.24, 2.45) is 0 Å². The average Bonchev–Trinajstić information content (AvgIpc) is 2.46. The van der Waals surface area contributed by atoms with Crippen molar-refractivity contribution >= 4 is 0 Å². The Hall–Kier alpha value is -0.930. The van der Waals surface area contributed by atoms with E-state index in [-0.39, 0.29) is 0 Å². The number of hydrogen-bond donors (Lipinski definition) is 2. The SMILES string of the molecule is FC(CNCNC1CCCCCCC1)c1ccccc1. The summed E-state index contributed by atoms with van der Waals surface area (Å²) in [6.07, 6.45) is 8.39. The molecule has 2 N–H and O–H groups in total. The first-order chi connectivity index (χ1) is 9.86. The normalized spacial score (nSPS) is 19.2. The molecule has 1 aliphatic rings. The fraction of sp³-hybridized carbons (Fsp3) is 0.647. The molecule has 1 aromatic rings. The van der Waals surface area contributed by atoms with Crippen LogP contribution in [0, 0.1) is 0 Å².